The van der Waals surface area contributed by atoms with Gasteiger partial charge in [0.05, 0.1) is 16.8 Å². The fraction of sp³-hybridized carbons (Fsp3) is 0.194. The molecule has 1 atom stereocenters. The highest BCUT2D eigenvalue weighted by Gasteiger charge is 2.53. The van der Waals surface area contributed by atoms with Crippen LogP contribution in [0.15, 0.2) is 84.9 Å². The summed E-state index contributed by atoms with van der Waals surface area (Å²) in [5, 5.41) is 0. The highest BCUT2D eigenvalue weighted by Crippen LogP contribution is 2.57. The molecule has 2 aliphatic rings. The smallest absolute Gasteiger partial charge is 0.418 e. The minimum absolute atomic E-state index is 0.0399. The van der Waals surface area contributed by atoms with Gasteiger partial charge < -0.3 is 19.3 Å². The molecular formula is C31H25F3N2O3. The van der Waals surface area contributed by atoms with Crippen LogP contribution in [-0.4, -0.2) is 26.6 Å². The molecule has 0 aromatic heterocycles. The van der Waals surface area contributed by atoms with Crippen molar-refractivity contribution in [3.05, 3.63) is 113 Å². The summed E-state index contributed by atoms with van der Waals surface area (Å²) in [6, 6.07) is 23.6. The Bertz CT molecular complexity index is 1620. The predicted octanol–water partition coefficient (Wildman–Crippen LogP) is 7.50. The van der Waals surface area contributed by atoms with Gasteiger partial charge in [-0.15, -0.1) is 0 Å². The third-order valence-electron chi connectivity index (χ3n) is 7.32. The second-order valence-corrected chi connectivity index (χ2v) is 9.73. The minimum Gasteiger partial charge on any atom is -0.456 e. The molecule has 0 radical (unpaired) electrons. The van der Waals surface area contributed by atoms with Crippen LogP contribution in [0.5, 0.6) is 11.5 Å². The molecule has 5 nitrogen and oxygen atoms in total. The molecular weight excluding hydrogens is 505 g/mol. The lowest BCUT2D eigenvalue weighted by molar-refractivity contribution is -0.137. The maximum absolute atomic E-state index is 13.9. The van der Waals surface area contributed by atoms with E-state index in [-0.39, 0.29) is 12.2 Å². The first-order chi connectivity index (χ1) is 18.6. The monoisotopic (exact) mass is 530 g/mol. The summed E-state index contributed by atoms with van der Waals surface area (Å²) in [5.74, 6) is 0.536. The first-order valence-corrected chi connectivity index (χ1v) is 12.6. The Morgan fingerprint density at radius 2 is 1.51 bits per heavy atom. The number of carbonyl (C=O) groups excluding carboxylic acids is 1. The van der Waals surface area contributed by atoms with Crippen molar-refractivity contribution in [2.24, 2.45) is 0 Å². The molecule has 1 unspecified atom stereocenters. The maximum Gasteiger partial charge on any atom is 0.418 e. The molecule has 0 fully saturated rings. The van der Waals surface area contributed by atoms with Gasteiger partial charge >= 0.3 is 12.1 Å². The molecule has 0 amide bonds. The Morgan fingerprint density at radius 1 is 0.795 bits per heavy atom. The zero-order valence-electron chi connectivity index (χ0n) is 21.5. The number of carbonyl (C=O) groups is 1. The van der Waals surface area contributed by atoms with E-state index in [4.69, 9.17) is 9.47 Å². The van der Waals surface area contributed by atoms with Crippen molar-refractivity contribution in [1.29, 1.82) is 0 Å². The van der Waals surface area contributed by atoms with Crippen molar-refractivity contribution in [3.63, 3.8) is 0 Å². The Hall–Kier alpha value is -4.46. The Labute approximate surface area is 224 Å². The molecule has 4 aromatic rings. The van der Waals surface area contributed by atoms with Gasteiger partial charge in [-0.1, -0.05) is 30.3 Å². The van der Waals surface area contributed by atoms with Crippen molar-refractivity contribution in [2.45, 2.75) is 18.7 Å². The number of hydrogen-bond acceptors (Lipinski definition) is 5. The van der Waals surface area contributed by atoms with Gasteiger partial charge in [-0.05, 0) is 55.5 Å². The lowest BCUT2D eigenvalue weighted by Crippen LogP contribution is -2.33. The van der Waals surface area contributed by atoms with Crippen LogP contribution in [0.3, 0.4) is 0 Å². The summed E-state index contributed by atoms with van der Waals surface area (Å²) in [7, 11) is 3.84. The van der Waals surface area contributed by atoms with E-state index < -0.39 is 23.3 Å². The van der Waals surface area contributed by atoms with Crippen molar-refractivity contribution < 1.29 is 27.4 Å². The summed E-state index contributed by atoms with van der Waals surface area (Å²) < 4.78 is 54.4. The number of ether oxygens (including phenoxy) is 2. The fourth-order valence-corrected chi connectivity index (χ4v) is 5.54. The number of hydrogen-bond donors (Lipinski definition) is 0. The summed E-state index contributed by atoms with van der Waals surface area (Å²) >= 11 is 0. The van der Waals surface area contributed by atoms with E-state index in [1.54, 1.807) is 48.2 Å². The molecule has 0 saturated carbocycles. The second kappa shape index (κ2) is 8.80. The third kappa shape index (κ3) is 3.73. The van der Waals surface area contributed by atoms with Gasteiger partial charge in [0.2, 0.25) is 0 Å². The van der Waals surface area contributed by atoms with Gasteiger partial charge in [0.15, 0.2) is 5.60 Å². The van der Waals surface area contributed by atoms with Gasteiger partial charge in [0, 0.05) is 54.8 Å². The zero-order chi connectivity index (χ0) is 27.5. The zero-order valence-corrected chi connectivity index (χ0v) is 21.5. The van der Waals surface area contributed by atoms with Crippen LogP contribution in [0.4, 0.5) is 30.2 Å². The highest BCUT2D eigenvalue weighted by atomic mass is 19.4. The summed E-state index contributed by atoms with van der Waals surface area (Å²) in [6.07, 6.45) is -4.52. The Kier molecular flexibility index (Phi) is 5.61. The molecule has 0 bridgehead atoms. The molecule has 4 aromatic carbocycles. The number of esters is 1. The minimum atomic E-state index is -4.52. The van der Waals surface area contributed by atoms with Gasteiger partial charge in [0.1, 0.15) is 11.5 Å². The average molecular weight is 531 g/mol. The molecule has 8 heteroatoms. The standard InChI is InChI=1S/C31H25F3N2O3/c1-4-36(26-12-8-7-11-23(26)31(32,33)34)20-14-16-27-25(17-20)30(22-10-6-5-9-21(22)29(37)39-30)24-15-13-19(35(2)3)18-28(24)38-27/h5-18H,4H2,1-3H3. The normalized spacial score (nSPS) is 17.1. The lowest BCUT2D eigenvalue weighted by Gasteiger charge is -2.38. The lowest BCUT2D eigenvalue weighted by atomic mass is 9.77. The number of anilines is 3. The molecule has 0 aliphatic carbocycles. The molecule has 2 aliphatic heterocycles. The fourth-order valence-electron chi connectivity index (χ4n) is 5.54. The number of fused-ring (bicyclic) bond motifs is 6. The van der Waals surface area contributed by atoms with E-state index in [0.717, 1.165) is 11.8 Å². The van der Waals surface area contributed by atoms with Crippen molar-refractivity contribution in [3.8, 4) is 11.5 Å². The second-order valence-electron chi connectivity index (χ2n) is 9.73. The molecule has 6 rings (SSSR count). The molecule has 0 N–H and O–H groups in total. The maximum atomic E-state index is 13.9. The van der Waals surface area contributed by atoms with Crippen molar-refractivity contribution >= 4 is 23.0 Å². The van der Waals surface area contributed by atoms with Crippen LogP contribution in [0.2, 0.25) is 0 Å². The highest BCUT2D eigenvalue weighted by molar-refractivity contribution is 5.97. The SMILES string of the molecule is CCN(c1ccc2c(c1)C1(OC(=O)c3ccccc31)c1ccc(N(C)C)cc1O2)c1ccccc1C(F)(F)F. The first-order valence-electron chi connectivity index (χ1n) is 12.6. The predicted molar refractivity (Wildman–Crippen MR) is 143 cm³/mol. The Balaban J connectivity index is 1.59. The van der Waals surface area contributed by atoms with Gasteiger partial charge in [-0.2, -0.15) is 13.2 Å². The number of halogens is 3. The van der Waals surface area contributed by atoms with Gasteiger partial charge in [0.25, 0.3) is 0 Å². The van der Waals surface area contributed by atoms with Crippen molar-refractivity contribution in [1.82, 2.24) is 0 Å². The van der Waals surface area contributed by atoms with Gasteiger partial charge in [-0.3, -0.25) is 0 Å². The van der Waals surface area contributed by atoms with E-state index >= 15 is 0 Å². The molecule has 1 spiro atoms. The summed E-state index contributed by atoms with van der Waals surface area (Å²) in [5.41, 5.74) is 1.71. The van der Waals surface area contributed by atoms with E-state index in [1.165, 1.54) is 12.1 Å². The van der Waals surface area contributed by atoms with Crippen LogP contribution in [0, 0.1) is 0 Å². The molecule has 0 saturated heterocycles. The largest absolute Gasteiger partial charge is 0.456 e. The van der Waals surface area contributed by atoms with Crippen molar-refractivity contribution in [2.75, 3.05) is 30.4 Å². The molecule has 198 valence electrons. The molecule has 2 heterocycles. The molecule has 39 heavy (non-hydrogen) atoms. The van der Waals surface area contributed by atoms with E-state index in [1.807, 2.05) is 49.3 Å². The number of rotatable bonds is 4. The van der Waals surface area contributed by atoms with Crippen LogP contribution in [0.25, 0.3) is 0 Å². The van der Waals surface area contributed by atoms with Crippen LogP contribution < -0.4 is 14.5 Å². The summed E-state index contributed by atoms with van der Waals surface area (Å²) in [4.78, 5) is 16.7. The number of nitrogens with zero attached hydrogens (tertiary/aromatic N) is 2. The van der Waals surface area contributed by atoms with Crippen LogP contribution >= 0.6 is 0 Å². The first kappa shape index (κ1) is 24.9. The van der Waals surface area contributed by atoms with E-state index in [9.17, 15) is 18.0 Å². The van der Waals surface area contributed by atoms with E-state index in [0.29, 0.717) is 39.4 Å². The number of alkyl halides is 3. The summed E-state index contributed by atoms with van der Waals surface area (Å²) in [6.45, 7) is 2.07. The quantitative estimate of drug-likeness (QED) is 0.256. The topological polar surface area (TPSA) is 42.0 Å². The van der Waals surface area contributed by atoms with E-state index in [2.05, 4.69) is 0 Å². The van der Waals surface area contributed by atoms with Gasteiger partial charge in [-0.25, -0.2) is 4.79 Å². The number of benzene rings is 4. The van der Waals surface area contributed by atoms with Crippen LogP contribution in [-0.2, 0) is 16.5 Å². The van der Waals surface area contributed by atoms with Crippen LogP contribution in [0.1, 0.15) is 39.5 Å². The Morgan fingerprint density at radius 3 is 2.26 bits per heavy atom. The number of para-hydroxylation sites is 1. The third-order valence-corrected chi connectivity index (χ3v) is 7.32. The average Bonchev–Trinajstić information content (AvgIpc) is 3.22.